The normalized spacial score (nSPS) is 15.9. The monoisotopic (exact) mass is 436 g/mol. The van der Waals surface area contributed by atoms with Crippen molar-refractivity contribution in [2.24, 2.45) is 5.92 Å². The molecule has 0 spiro atoms. The Labute approximate surface area is 182 Å². The van der Waals surface area contributed by atoms with Crippen LogP contribution in [0.3, 0.4) is 0 Å². The highest BCUT2D eigenvalue weighted by Crippen LogP contribution is 2.47. The Morgan fingerprint density at radius 2 is 1.97 bits per heavy atom. The van der Waals surface area contributed by atoms with Gasteiger partial charge in [-0.3, -0.25) is 4.79 Å². The number of nitrogens with one attached hydrogen (secondary N) is 1. The molecule has 152 valence electrons. The quantitative estimate of drug-likeness (QED) is 0.398. The van der Waals surface area contributed by atoms with E-state index in [4.69, 9.17) is 4.98 Å². The molecule has 1 aliphatic rings. The van der Waals surface area contributed by atoms with E-state index in [9.17, 15) is 9.18 Å². The lowest BCUT2D eigenvalue weighted by atomic mass is 9.88. The fourth-order valence-corrected chi connectivity index (χ4v) is 6.54. The molecule has 1 N–H and O–H groups in total. The fourth-order valence-electron chi connectivity index (χ4n) is 4.00. The summed E-state index contributed by atoms with van der Waals surface area (Å²) in [4.78, 5) is 19.0. The first-order valence-electron chi connectivity index (χ1n) is 10.1. The smallest absolute Gasteiger partial charge is 0.229 e. The summed E-state index contributed by atoms with van der Waals surface area (Å²) >= 11 is 3.36. The molecule has 0 bridgehead atoms. The summed E-state index contributed by atoms with van der Waals surface area (Å²) in [6, 6.07) is 14.2. The molecule has 5 rings (SSSR count). The van der Waals surface area contributed by atoms with Gasteiger partial charge in [0.1, 0.15) is 15.8 Å². The topological polar surface area (TPSA) is 42.0 Å². The molecule has 1 amide bonds. The van der Waals surface area contributed by atoms with E-state index >= 15 is 0 Å². The summed E-state index contributed by atoms with van der Waals surface area (Å²) in [6.07, 6.45) is 3.45. The number of hydrogen-bond donors (Lipinski definition) is 1. The molecule has 3 nitrogen and oxygen atoms in total. The lowest BCUT2D eigenvalue weighted by molar-refractivity contribution is -0.115. The standard InChI is InChI=1S/C24H21FN2OS2/c1-14-6-11-17-20(12-14)30-24(27-21(28)13-15-7-9-16(25)10-8-15)22(17)23-26-18-4-2-3-5-19(18)29-23/h2-5,7-10,14H,6,11-13H2,1H3,(H,27,28)/t14-/m0/s1. The Kier molecular flexibility index (Phi) is 5.13. The number of nitrogens with zero attached hydrogens (tertiary/aromatic N) is 1. The average molecular weight is 437 g/mol. The van der Waals surface area contributed by atoms with Crippen molar-refractivity contribution in [3.8, 4) is 10.6 Å². The minimum atomic E-state index is -0.294. The van der Waals surface area contributed by atoms with Crippen LogP contribution in [0, 0.1) is 11.7 Å². The molecule has 1 aliphatic carbocycles. The van der Waals surface area contributed by atoms with E-state index in [0.717, 1.165) is 50.6 Å². The minimum absolute atomic E-state index is 0.0874. The number of anilines is 1. The van der Waals surface area contributed by atoms with E-state index < -0.39 is 0 Å². The second kappa shape index (κ2) is 7.93. The number of fused-ring (bicyclic) bond motifs is 2. The second-order valence-corrected chi connectivity index (χ2v) is 10.0. The molecule has 4 aromatic rings. The average Bonchev–Trinajstić information content (AvgIpc) is 3.29. The van der Waals surface area contributed by atoms with Crippen molar-refractivity contribution in [1.29, 1.82) is 0 Å². The van der Waals surface area contributed by atoms with Crippen molar-refractivity contribution < 1.29 is 9.18 Å². The predicted octanol–water partition coefficient (Wildman–Crippen LogP) is 6.47. The summed E-state index contributed by atoms with van der Waals surface area (Å²) in [6.45, 7) is 2.28. The Morgan fingerprint density at radius 3 is 2.77 bits per heavy atom. The van der Waals surface area contributed by atoms with E-state index in [1.807, 2.05) is 18.2 Å². The van der Waals surface area contributed by atoms with E-state index in [0.29, 0.717) is 5.92 Å². The van der Waals surface area contributed by atoms with Gasteiger partial charge in [0.15, 0.2) is 0 Å². The minimum Gasteiger partial charge on any atom is -0.317 e. The van der Waals surface area contributed by atoms with Crippen LogP contribution in [0.1, 0.15) is 29.3 Å². The number of carbonyl (C=O) groups is 1. The molecule has 2 aromatic carbocycles. The maximum absolute atomic E-state index is 13.2. The van der Waals surface area contributed by atoms with Crippen LogP contribution in [0.2, 0.25) is 0 Å². The number of carbonyl (C=O) groups excluding carboxylic acids is 1. The first kappa shape index (κ1) is 19.4. The molecule has 0 saturated heterocycles. The third kappa shape index (κ3) is 3.77. The number of aromatic nitrogens is 1. The molecular weight excluding hydrogens is 415 g/mol. The van der Waals surface area contributed by atoms with Crippen LogP contribution in [0.15, 0.2) is 48.5 Å². The molecule has 0 aliphatic heterocycles. The van der Waals surface area contributed by atoms with Crippen LogP contribution in [0.5, 0.6) is 0 Å². The Morgan fingerprint density at radius 1 is 1.17 bits per heavy atom. The van der Waals surface area contributed by atoms with E-state index in [2.05, 4.69) is 18.3 Å². The lowest BCUT2D eigenvalue weighted by Crippen LogP contribution is -2.14. The number of halogens is 1. The van der Waals surface area contributed by atoms with Crippen LogP contribution in [-0.2, 0) is 24.1 Å². The van der Waals surface area contributed by atoms with Crippen LogP contribution in [0.25, 0.3) is 20.8 Å². The largest absolute Gasteiger partial charge is 0.317 e. The highest BCUT2D eigenvalue weighted by Gasteiger charge is 2.27. The van der Waals surface area contributed by atoms with Gasteiger partial charge in [-0.05, 0) is 60.6 Å². The maximum Gasteiger partial charge on any atom is 0.229 e. The molecule has 6 heteroatoms. The summed E-state index contributed by atoms with van der Waals surface area (Å²) in [7, 11) is 0. The zero-order chi connectivity index (χ0) is 20.7. The van der Waals surface area contributed by atoms with Gasteiger partial charge in [0, 0.05) is 10.4 Å². The first-order chi connectivity index (χ1) is 14.6. The first-order valence-corrected chi connectivity index (χ1v) is 11.7. The van der Waals surface area contributed by atoms with Gasteiger partial charge in [-0.15, -0.1) is 22.7 Å². The van der Waals surface area contributed by atoms with Gasteiger partial charge in [-0.2, -0.15) is 0 Å². The van der Waals surface area contributed by atoms with Crippen molar-refractivity contribution >= 4 is 43.8 Å². The molecule has 0 radical (unpaired) electrons. The maximum atomic E-state index is 13.2. The zero-order valence-electron chi connectivity index (χ0n) is 16.6. The van der Waals surface area contributed by atoms with E-state index in [-0.39, 0.29) is 18.1 Å². The number of para-hydroxylation sites is 1. The number of amides is 1. The van der Waals surface area contributed by atoms with Gasteiger partial charge >= 0.3 is 0 Å². The van der Waals surface area contributed by atoms with E-state index in [1.165, 1.54) is 22.6 Å². The molecule has 0 saturated carbocycles. The lowest BCUT2D eigenvalue weighted by Gasteiger charge is -2.18. The molecule has 1 atom stereocenters. The number of rotatable bonds is 4. The van der Waals surface area contributed by atoms with Crippen molar-refractivity contribution in [1.82, 2.24) is 4.98 Å². The highest BCUT2D eigenvalue weighted by molar-refractivity contribution is 7.22. The highest BCUT2D eigenvalue weighted by atomic mass is 32.1. The van der Waals surface area contributed by atoms with Crippen molar-refractivity contribution in [2.75, 3.05) is 5.32 Å². The fraction of sp³-hybridized carbons (Fsp3) is 0.250. The summed E-state index contributed by atoms with van der Waals surface area (Å²) in [5, 5.41) is 5.00. The Balaban J connectivity index is 1.50. The van der Waals surface area contributed by atoms with Crippen molar-refractivity contribution in [3.05, 3.63) is 70.4 Å². The Bertz CT molecular complexity index is 1190. The van der Waals surface area contributed by atoms with Crippen LogP contribution in [-0.4, -0.2) is 10.9 Å². The number of thiazole rings is 1. The van der Waals surface area contributed by atoms with Crippen molar-refractivity contribution in [2.45, 2.75) is 32.6 Å². The number of hydrogen-bond acceptors (Lipinski definition) is 4. The third-order valence-corrected chi connectivity index (χ3v) is 7.77. The zero-order valence-corrected chi connectivity index (χ0v) is 18.2. The molecule has 0 fully saturated rings. The molecule has 2 heterocycles. The van der Waals surface area contributed by atoms with Crippen LogP contribution >= 0.6 is 22.7 Å². The summed E-state index contributed by atoms with van der Waals surface area (Å²) in [5.74, 6) is 0.273. The van der Waals surface area contributed by atoms with E-state index in [1.54, 1.807) is 34.8 Å². The van der Waals surface area contributed by atoms with Crippen LogP contribution < -0.4 is 5.32 Å². The van der Waals surface area contributed by atoms with Crippen molar-refractivity contribution in [3.63, 3.8) is 0 Å². The third-order valence-electron chi connectivity index (χ3n) is 5.55. The molecule has 2 aromatic heterocycles. The van der Waals surface area contributed by atoms with Gasteiger partial charge in [0.05, 0.1) is 16.6 Å². The van der Waals surface area contributed by atoms with Gasteiger partial charge in [-0.25, -0.2) is 9.37 Å². The second-order valence-electron chi connectivity index (χ2n) is 7.89. The van der Waals surface area contributed by atoms with Gasteiger partial charge < -0.3 is 5.32 Å². The Hall–Kier alpha value is -2.57. The SMILES string of the molecule is C[C@H]1CCc2c(sc(NC(=O)Cc3ccc(F)cc3)c2-c2nc3ccccc3s2)C1. The number of benzene rings is 2. The molecule has 0 unspecified atom stereocenters. The summed E-state index contributed by atoms with van der Waals surface area (Å²) in [5.41, 5.74) is 4.22. The van der Waals surface area contributed by atoms with Crippen LogP contribution in [0.4, 0.5) is 9.39 Å². The summed E-state index contributed by atoms with van der Waals surface area (Å²) < 4.78 is 14.3. The number of thiophene rings is 1. The predicted molar refractivity (Wildman–Crippen MR) is 123 cm³/mol. The van der Waals surface area contributed by atoms with Gasteiger partial charge in [0.2, 0.25) is 5.91 Å². The van der Waals surface area contributed by atoms with Gasteiger partial charge in [0.25, 0.3) is 0 Å². The van der Waals surface area contributed by atoms with Gasteiger partial charge in [-0.1, -0.05) is 31.2 Å². The molecular formula is C24H21FN2OS2. The molecule has 30 heavy (non-hydrogen) atoms.